The Kier molecular flexibility index (Phi) is 4.94. The van der Waals surface area contributed by atoms with E-state index in [1.165, 1.54) is 24.9 Å². The molecule has 2 unspecified atom stereocenters. The van der Waals surface area contributed by atoms with Crippen LogP contribution in [0.25, 0.3) is 0 Å². The summed E-state index contributed by atoms with van der Waals surface area (Å²) >= 11 is 0. The van der Waals surface area contributed by atoms with Gasteiger partial charge in [-0.25, -0.2) is 0 Å². The van der Waals surface area contributed by atoms with Crippen molar-refractivity contribution in [1.82, 2.24) is 9.88 Å². The van der Waals surface area contributed by atoms with Crippen molar-refractivity contribution in [1.29, 1.82) is 0 Å². The average Bonchev–Trinajstić information content (AvgIpc) is 3.22. The van der Waals surface area contributed by atoms with Gasteiger partial charge in [0.25, 0.3) is 0 Å². The molecule has 0 radical (unpaired) electrons. The molecule has 0 saturated heterocycles. The highest BCUT2D eigenvalue weighted by atomic mass is 15.2. The van der Waals surface area contributed by atoms with Gasteiger partial charge in [0.15, 0.2) is 0 Å². The maximum atomic E-state index is 6.41. The van der Waals surface area contributed by atoms with Gasteiger partial charge in [0.05, 0.1) is 6.04 Å². The molecule has 0 spiro atoms. The number of rotatable bonds is 7. The van der Waals surface area contributed by atoms with Crippen LogP contribution >= 0.6 is 0 Å². The second-order valence-corrected chi connectivity index (χ2v) is 6.04. The Labute approximate surface area is 117 Å². The minimum Gasteiger partial charge on any atom is -0.326 e. The SMILES string of the molecule is CCC(N)C(c1cccnc1)N(CC1CC1)C(C)C. The number of hydrogen-bond donors (Lipinski definition) is 1. The van der Waals surface area contributed by atoms with E-state index in [0.717, 1.165) is 12.3 Å². The van der Waals surface area contributed by atoms with Crippen LogP contribution in [0, 0.1) is 5.92 Å². The fourth-order valence-corrected chi connectivity index (χ4v) is 2.70. The maximum Gasteiger partial charge on any atom is 0.0517 e. The van der Waals surface area contributed by atoms with E-state index in [1.807, 2.05) is 18.5 Å². The third-order valence-corrected chi connectivity index (χ3v) is 4.09. The third-order valence-electron chi connectivity index (χ3n) is 4.09. The molecule has 0 aromatic carbocycles. The van der Waals surface area contributed by atoms with Crippen molar-refractivity contribution in [2.24, 2.45) is 11.7 Å². The molecular weight excluding hydrogens is 234 g/mol. The first-order valence-corrected chi connectivity index (χ1v) is 7.54. The fraction of sp³-hybridized carbons (Fsp3) is 0.688. The monoisotopic (exact) mass is 261 g/mol. The van der Waals surface area contributed by atoms with Crippen molar-refractivity contribution >= 4 is 0 Å². The van der Waals surface area contributed by atoms with Crippen molar-refractivity contribution in [3.8, 4) is 0 Å². The van der Waals surface area contributed by atoms with Gasteiger partial charge in [0.2, 0.25) is 0 Å². The van der Waals surface area contributed by atoms with Crippen LogP contribution in [-0.2, 0) is 0 Å². The van der Waals surface area contributed by atoms with Crippen molar-refractivity contribution in [2.45, 2.75) is 58.2 Å². The molecule has 1 aliphatic rings. The van der Waals surface area contributed by atoms with E-state index in [-0.39, 0.29) is 6.04 Å². The van der Waals surface area contributed by atoms with E-state index in [4.69, 9.17) is 5.73 Å². The molecule has 0 amide bonds. The number of nitrogens with zero attached hydrogens (tertiary/aromatic N) is 2. The number of aromatic nitrogens is 1. The van der Waals surface area contributed by atoms with Gasteiger partial charge in [-0.15, -0.1) is 0 Å². The van der Waals surface area contributed by atoms with Crippen LogP contribution in [-0.4, -0.2) is 28.5 Å². The summed E-state index contributed by atoms with van der Waals surface area (Å²) in [4.78, 5) is 6.85. The molecule has 19 heavy (non-hydrogen) atoms. The summed E-state index contributed by atoms with van der Waals surface area (Å²) in [7, 11) is 0. The predicted octanol–water partition coefficient (Wildman–Crippen LogP) is 2.98. The van der Waals surface area contributed by atoms with Crippen molar-refractivity contribution in [2.75, 3.05) is 6.54 Å². The summed E-state index contributed by atoms with van der Waals surface area (Å²) in [6.07, 6.45) is 7.56. The summed E-state index contributed by atoms with van der Waals surface area (Å²) in [5.74, 6) is 0.880. The van der Waals surface area contributed by atoms with Crippen molar-refractivity contribution in [3.05, 3.63) is 30.1 Å². The van der Waals surface area contributed by atoms with Gasteiger partial charge in [-0.1, -0.05) is 13.0 Å². The number of pyridine rings is 1. The first kappa shape index (κ1) is 14.5. The molecule has 1 fully saturated rings. The topological polar surface area (TPSA) is 42.1 Å². The molecule has 0 bridgehead atoms. The van der Waals surface area contributed by atoms with Crippen LogP contribution in [0.2, 0.25) is 0 Å². The second-order valence-electron chi connectivity index (χ2n) is 6.04. The Morgan fingerprint density at radius 2 is 2.16 bits per heavy atom. The van der Waals surface area contributed by atoms with E-state index in [0.29, 0.717) is 12.1 Å². The van der Waals surface area contributed by atoms with Crippen LogP contribution in [0.4, 0.5) is 0 Å². The lowest BCUT2D eigenvalue weighted by Gasteiger charge is -2.38. The fourth-order valence-electron chi connectivity index (χ4n) is 2.70. The van der Waals surface area contributed by atoms with Gasteiger partial charge >= 0.3 is 0 Å². The molecule has 1 heterocycles. The van der Waals surface area contributed by atoms with E-state index in [9.17, 15) is 0 Å². The average molecular weight is 261 g/mol. The quantitative estimate of drug-likeness (QED) is 0.820. The highest BCUT2D eigenvalue weighted by Crippen LogP contribution is 2.35. The highest BCUT2D eigenvalue weighted by molar-refractivity contribution is 5.17. The number of nitrogens with two attached hydrogens (primary N) is 1. The Morgan fingerprint density at radius 1 is 1.42 bits per heavy atom. The maximum absolute atomic E-state index is 6.41. The van der Waals surface area contributed by atoms with Crippen LogP contribution in [0.1, 0.15) is 51.6 Å². The molecule has 2 atom stereocenters. The lowest BCUT2D eigenvalue weighted by atomic mass is 9.96. The van der Waals surface area contributed by atoms with E-state index in [1.54, 1.807) is 0 Å². The van der Waals surface area contributed by atoms with Gasteiger partial charge in [-0.3, -0.25) is 9.88 Å². The van der Waals surface area contributed by atoms with E-state index >= 15 is 0 Å². The number of hydrogen-bond acceptors (Lipinski definition) is 3. The minimum absolute atomic E-state index is 0.172. The molecule has 106 valence electrons. The molecule has 1 saturated carbocycles. The standard InChI is InChI=1S/C16H27N3/c1-4-15(17)16(14-6-5-9-18-10-14)19(12(2)3)11-13-7-8-13/h5-6,9-10,12-13,15-16H,4,7-8,11,17H2,1-3H3. The van der Waals surface area contributed by atoms with Crippen LogP contribution in [0.5, 0.6) is 0 Å². The second kappa shape index (κ2) is 6.49. The summed E-state index contributed by atoms with van der Waals surface area (Å²) in [6, 6.07) is 5.16. The first-order valence-electron chi connectivity index (χ1n) is 7.54. The molecule has 1 aromatic rings. The summed E-state index contributed by atoms with van der Waals surface area (Å²) in [5.41, 5.74) is 7.67. The summed E-state index contributed by atoms with van der Waals surface area (Å²) < 4.78 is 0. The molecule has 3 heteroatoms. The molecule has 2 rings (SSSR count). The molecule has 0 aliphatic heterocycles. The third kappa shape index (κ3) is 3.77. The van der Waals surface area contributed by atoms with E-state index in [2.05, 4.69) is 36.7 Å². The highest BCUT2D eigenvalue weighted by Gasteiger charge is 2.32. The van der Waals surface area contributed by atoms with Crippen LogP contribution in [0.15, 0.2) is 24.5 Å². The van der Waals surface area contributed by atoms with Gasteiger partial charge in [-0.2, -0.15) is 0 Å². The summed E-state index contributed by atoms with van der Waals surface area (Å²) in [6.45, 7) is 7.89. The van der Waals surface area contributed by atoms with Crippen LogP contribution < -0.4 is 5.73 Å². The van der Waals surface area contributed by atoms with Crippen molar-refractivity contribution in [3.63, 3.8) is 0 Å². The first-order chi connectivity index (χ1) is 9.13. The van der Waals surface area contributed by atoms with E-state index < -0.39 is 0 Å². The molecule has 3 nitrogen and oxygen atoms in total. The Hall–Kier alpha value is -0.930. The Bertz CT molecular complexity index is 373. The van der Waals surface area contributed by atoms with Gasteiger partial charge in [-0.05, 0) is 50.7 Å². The van der Waals surface area contributed by atoms with Gasteiger partial charge in [0.1, 0.15) is 0 Å². The largest absolute Gasteiger partial charge is 0.326 e. The Morgan fingerprint density at radius 3 is 2.63 bits per heavy atom. The molecule has 1 aromatic heterocycles. The van der Waals surface area contributed by atoms with Crippen molar-refractivity contribution < 1.29 is 0 Å². The zero-order valence-corrected chi connectivity index (χ0v) is 12.4. The zero-order valence-electron chi connectivity index (χ0n) is 12.4. The normalized spacial score (nSPS) is 18.8. The molecule has 2 N–H and O–H groups in total. The molecule has 1 aliphatic carbocycles. The lowest BCUT2D eigenvalue weighted by Crippen LogP contribution is -2.45. The smallest absolute Gasteiger partial charge is 0.0517 e. The summed E-state index contributed by atoms with van der Waals surface area (Å²) in [5, 5.41) is 0. The minimum atomic E-state index is 0.172. The predicted molar refractivity (Wildman–Crippen MR) is 79.8 cm³/mol. The van der Waals surface area contributed by atoms with Crippen LogP contribution in [0.3, 0.4) is 0 Å². The lowest BCUT2D eigenvalue weighted by molar-refractivity contribution is 0.123. The zero-order chi connectivity index (χ0) is 13.8. The molecular formula is C16H27N3. The Balaban J connectivity index is 2.23. The van der Waals surface area contributed by atoms with Gasteiger partial charge < -0.3 is 5.73 Å². The van der Waals surface area contributed by atoms with Gasteiger partial charge in [0, 0.05) is 31.0 Å².